The Labute approximate surface area is 127 Å². The van der Waals surface area contributed by atoms with E-state index in [1.165, 1.54) is 0 Å². The summed E-state index contributed by atoms with van der Waals surface area (Å²) >= 11 is 1.63. The van der Waals surface area contributed by atoms with Crippen molar-refractivity contribution in [2.24, 2.45) is 11.3 Å². The molecule has 20 heavy (non-hydrogen) atoms. The minimum absolute atomic E-state index is 0.0624. The molecule has 0 aliphatic rings. The number of aliphatic carboxylic acids is 1. The first-order valence-corrected chi connectivity index (χ1v) is 8.28. The van der Waals surface area contributed by atoms with Crippen molar-refractivity contribution in [3.8, 4) is 0 Å². The van der Waals surface area contributed by atoms with Crippen LogP contribution in [0.25, 0.3) is 0 Å². The fraction of sp³-hybridized carbons (Fsp3) is 0.867. The monoisotopic (exact) mass is 303 g/mol. The first-order valence-electron chi connectivity index (χ1n) is 7.23. The largest absolute Gasteiger partial charge is 0.481 e. The molecule has 0 aliphatic heterocycles. The predicted molar refractivity (Wildman–Crippen MR) is 85.0 cm³/mol. The standard InChI is InChI=1S/C15H29NO3S/c1-11(2)20-10-13(17)16-9-8-12(15(3,4)5)6-7-14(18)19/h11-12H,6-10H2,1-5H3,(H,16,17)(H,18,19). The molecule has 0 bridgehead atoms. The van der Waals surface area contributed by atoms with Gasteiger partial charge in [0.25, 0.3) is 0 Å². The molecular formula is C15H29NO3S. The molecule has 1 unspecified atom stereocenters. The van der Waals surface area contributed by atoms with E-state index in [-0.39, 0.29) is 17.7 Å². The number of hydrogen-bond acceptors (Lipinski definition) is 3. The average molecular weight is 303 g/mol. The second-order valence-electron chi connectivity index (χ2n) is 6.49. The third-order valence-electron chi connectivity index (χ3n) is 3.29. The number of carbonyl (C=O) groups excluding carboxylic acids is 1. The van der Waals surface area contributed by atoms with E-state index in [0.29, 0.717) is 29.9 Å². The highest BCUT2D eigenvalue weighted by molar-refractivity contribution is 8.00. The molecule has 0 aromatic rings. The molecule has 0 spiro atoms. The summed E-state index contributed by atoms with van der Waals surface area (Å²) in [5, 5.41) is 12.2. The second-order valence-corrected chi connectivity index (χ2v) is 8.06. The maximum Gasteiger partial charge on any atom is 0.303 e. The van der Waals surface area contributed by atoms with Crippen LogP contribution in [0.5, 0.6) is 0 Å². The second kappa shape index (κ2) is 9.27. The molecule has 0 heterocycles. The number of carboxylic acids is 1. The molecule has 0 aromatic carbocycles. The average Bonchev–Trinajstić information content (AvgIpc) is 2.28. The van der Waals surface area contributed by atoms with Crippen LogP contribution in [0.15, 0.2) is 0 Å². The van der Waals surface area contributed by atoms with Gasteiger partial charge in [-0.05, 0) is 29.4 Å². The minimum Gasteiger partial charge on any atom is -0.481 e. The van der Waals surface area contributed by atoms with Crippen molar-refractivity contribution in [1.82, 2.24) is 5.32 Å². The van der Waals surface area contributed by atoms with Gasteiger partial charge in [-0.25, -0.2) is 0 Å². The maximum absolute atomic E-state index is 11.6. The molecule has 0 aliphatic carbocycles. The molecule has 4 nitrogen and oxygen atoms in total. The molecule has 2 N–H and O–H groups in total. The van der Waals surface area contributed by atoms with Crippen LogP contribution in [0.1, 0.15) is 53.9 Å². The summed E-state index contributed by atoms with van der Waals surface area (Å²) < 4.78 is 0. The summed E-state index contributed by atoms with van der Waals surface area (Å²) in [5.41, 5.74) is 0.0624. The van der Waals surface area contributed by atoms with E-state index >= 15 is 0 Å². The summed E-state index contributed by atoms with van der Waals surface area (Å²) in [5.74, 6) is 0.107. The third-order valence-corrected chi connectivity index (χ3v) is 4.39. The molecule has 1 amide bonds. The zero-order chi connectivity index (χ0) is 15.8. The van der Waals surface area contributed by atoms with E-state index in [2.05, 4.69) is 39.9 Å². The molecule has 0 aromatic heterocycles. The fourth-order valence-electron chi connectivity index (χ4n) is 1.99. The Balaban J connectivity index is 4.07. The Hall–Kier alpha value is -0.710. The molecule has 0 radical (unpaired) electrons. The van der Waals surface area contributed by atoms with E-state index in [4.69, 9.17) is 5.11 Å². The Bertz CT molecular complexity index is 311. The van der Waals surface area contributed by atoms with E-state index in [0.717, 1.165) is 6.42 Å². The third kappa shape index (κ3) is 10.1. The molecule has 0 rings (SSSR count). The van der Waals surface area contributed by atoms with Gasteiger partial charge in [0.2, 0.25) is 5.91 Å². The van der Waals surface area contributed by atoms with Gasteiger partial charge >= 0.3 is 5.97 Å². The van der Waals surface area contributed by atoms with Crippen LogP contribution in [0, 0.1) is 11.3 Å². The van der Waals surface area contributed by atoms with Crippen LogP contribution < -0.4 is 5.32 Å². The first-order chi connectivity index (χ1) is 9.12. The van der Waals surface area contributed by atoms with Gasteiger partial charge in [0.05, 0.1) is 5.75 Å². The van der Waals surface area contributed by atoms with E-state index in [1.807, 2.05) is 0 Å². The van der Waals surface area contributed by atoms with Crippen molar-refractivity contribution >= 4 is 23.6 Å². The van der Waals surface area contributed by atoms with Crippen LogP contribution >= 0.6 is 11.8 Å². The molecule has 118 valence electrons. The smallest absolute Gasteiger partial charge is 0.303 e. The number of amides is 1. The van der Waals surface area contributed by atoms with Crippen molar-refractivity contribution in [3.05, 3.63) is 0 Å². The lowest BCUT2D eigenvalue weighted by Gasteiger charge is -2.30. The van der Waals surface area contributed by atoms with Crippen LogP contribution in [-0.2, 0) is 9.59 Å². The topological polar surface area (TPSA) is 66.4 Å². The van der Waals surface area contributed by atoms with Gasteiger partial charge in [0.1, 0.15) is 0 Å². The Morgan fingerprint density at radius 3 is 2.25 bits per heavy atom. The number of carboxylic acid groups (broad SMARTS) is 1. The van der Waals surface area contributed by atoms with Crippen molar-refractivity contribution in [1.29, 1.82) is 0 Å². The fourth-order valence-corrected chi connectivity index (χ4v) is 2.57. The van der Waals surface area contributed by atoms with Gasteiger partial charge in [-0.3, -0.25) is 9.59 Å². The molecular weight excluding hydrogens is 274 g/mol. The summed E-state index contributed by atoms with van der Waals surface area (Å²) in [6, 6.07) is 0. The highest BCUT2D eigenvalue weighted by atomic mass is 32.2. The van der Waals surface area contributed by atoms with Crippen LogP contribution in [-0.4, -0.2) is 34.5 Å². The highest BCUT2D eigenvalue weighted by Crippen LogP contribution is 2.32. The van der Waals surface area contributed by atoms with Gasteiger partial charge in [-0.2, -0.15) is 0 Å². The number of carbonyl (C=O) groups is 2. The van der Waals surface area contributed by atoms with Crippen molar-refractivity contribution in [3.63, 3.8) is 0 Å². The summed E-state index contributed by atoms with van der Waals surface area (Å²) in [4.78, 5) is 22.3. The van der Waals surface area contributed by atoms with Crippen LogP contribution in [0.4, 0.5) is 0 Å². The van der Waals surface area contributed by atoms with Crippen molar-refractivity contribution in [2.45, 2.75) is 59.1 Å². The van der Waals surface area contributed by atoms with Crippen molar-refractivity contribution in [2.75, 3.05) is 12.3 Å². The van der Waals surface area contributed by atoms with Gasteiger partial charge in [-0.15, -0.1) is 11.8 Å². The molecule has 1 atom stereocenters. The number of thioether (sulfide) groups is 1. The molecule has 0 fully saturated rings. The highest BCUT2D eigenvalue weighted by Gasteiger charge is 2.24. The zero-order valence-corrected chi connectivity index (χ0v) is 14.2. The van der Waals surface area contributed by atoms with Gasteiger partial charge in [0, 0.05) is 13.0 Å². The SMILES string of the molecule is CC(C)SCC(=O)NCCC(CCC(=O)O)C(C)(C)C. The predicted octanol–water partition coefficient (Wildman–Crippen LogP) is 3.16. The van der Waals surface area contributed by atoms with Gasteiger partial charge < -0.3 is 10.4 Å². The van der Waals surface area contributed by atoms with Crippen LogP contribution in [0.3, 0.4) is 0 Å². The summed E-state index contributed by atoms with van der Waals surface area (Å²) in [7, 11) is 0. The Kier molecular flexibility index (Phi) is 8.94. The number of rotatable bonds is 9. The Morgan fingerprint density at radius 2 is 1.80 bits per heavy atom. The zero-order valence-electron chi connectivity index (χ0n) is 13.4. The van der Waals surface area contributed by atoms with Crippen LogP contribution in [0.2, 0.25) is 0 Å². The van der Waals surface area contributed by atoms with Gasteiger partial charge in [-0.1, -0.05) is 34.6 Å². The first kappa shape index (κ1) is 19.3. The lowest BCUT2D eigenvalue weighted by molar-refractivity contribution is -0.137. The summed E-state index contributed by atoms with van der Waals surface area (Å²) in [6.45, 7) is 11.1. The quantitative estimate of drug-likeness (QED) is 0.686. The normalized spacial score (nSPS) is 13.3. The maximum atomic E-state index is 11.6. The van der Waals surface area contributed by atoms with Gasteiger partial charge in [0.15, 0.2) is 0 Å². The van der Waals surface area contributed by atoms with E-state index < -0.39 is 5.97 Å². The molecule has 0 saturated carbocycles. The van der Waals surface area contributed by atoms with E-state index in [1.54, 1.807) is 11.8 Å². The summed E-state index contributed by atoms with van der Waals surface area (Å²) in [6.07, 6.45) is 1.68. The lowest BCUT2D eigenvalue weighted by Crippen LogP contribution is -2.31. The Morgan fingerprint density at radius 1 is 1.20 bits per heavy atom. The van der Waals surface area contributed by atoms with Crippen molar-refractivity contribution < 1.29 is 14.7 Å². The molecule has 5 heteroatoms. The lowest BCUT2D eigenvalue weighted by atomic mass is 9.76. The number of hydrogen-bond donors (Lipinski definition) is 2. The minimum atomic E-state index is -0.753. The molecule has 0 saturated heterocycles. The number of nitrogens with one attached hydrogen (secondary N) is 1. The van der Waals surface area contributed by atoms with E-state index in [9.17, 15) is 9.59 Å².